The monoisotopic (exact) mass is 374 g/mol. The fourth-order valence-electron chi connectivity index (χ4n) is 2.90. The Morgan fingerprint density at radius 1 is 1.19 bits per heavy atom. The van der Waals surface area contributed by atoms with Gasteiger partial charge in [-0.1, -0.05) is 19.1 Å². The Morgan fingerprint density at radius 3 is 2.54 bits per heavy atom. The SMILES string of the molecule is CCC1CN(CC(=O)Nc2ccc(S(C)(=O)=O)cc2)c2ccccc2O1. The number of para-hydroxylation sites is 2. The summed E-state index contributed by atoms with van der Waals surface area (Å²) in [5, 5.41) is 2.82. The van der Waals surface area contributed by atoms with E-state index in [4.69, 9.17) is 4.74 Å². The van der Waals surface area contributed by atoms with Crippen LogP contribution in [0, 0.1) is 0 Å². The molecule has 0 fully saturated rings. The molecule has 1 heterocycles. The van der Waals surface area contributed by atoms with E-state index in [0.29, 0.717) is 12.2 Å². The molecule has 1 atom stereocenters. The van der Waals surface area contributed by atoms with E-state index in [-0.39, 0.29) is 23.5 Å². The molecule has 2 aromatic carbocycles. The molecule has 0 radical (unpaired) electrons. The van der Waals surface area contributed by atoms with E-state index in [0.717, 1.165) is 24.1 Å². The lowest BCUT2D eigenvalue weighted by Crippen LogP contribution is -2.43. The highest BCUT2D eigenvalue weighted by atomic mass is 32.2. The number of ether oxygens (including phenoxy) is 1. The van der Waals surface area contributed by atoms with Crippen LogP contribution in [-0.2, 0) is 14.6 Å². The number of carbonyl (C=O) groups excluding carboxylic acids is 1. The van der Waals surface area contributed by atoms with E-state index < -0.39 is 9.84 Å². The van der Waals surface area contributed by atoms with Gasteiger partial charge in [0.15, 0.2) is 9.84 Å². The Morgan fingerprint density at radius 2 is 1.88 bits per heavy atom. The molecule has 0 aromatic heterocycles. The molecule has 7 heteroatoms. The van der Waals surface area contributed by atoms with Gasteiger partial charge in [-0.25, -0.2) is 8.42 Å². The van der Waals surface area contributed by atoms with Crippen LogP contribution in [-0.4, -0.2) is 39.8 Å². The molecule has 1 aliphatic rings. The first-order valence-corrected chi connectivity index (χ1v) is 10.4. The predicted octanol–water partition coefficient (Wildman–Crippen LogP) is 2.71. The van der Waals surface area contributed by atoms with Gasteiger partial charge in [0, 0.05) is 11.9 Å². The molecule has 138 valence electrons. The van der Waals surface area contributed by atoms with Crippen molar-refractivity contribution in [3.63, 3.8) is 0 Å². The minimum atomic E-state index is -3.25. The zero-order valence-electron chi connectivity index (χ0n) is 14.8. The molecular weight excluding hydrogens is 352 g/mol. The summed E-state index contributed by atoms with van der Waals surface area (Å²) in [4.78, 5) is 14.7. The van der Waals surface area contributed by atoms with Crippen molar-refractivity contribution in [1.29, 1.82) is 0 Å². The number of rotatable bonds is 5. The van der Waals surface area contributed by atoms with Crippen LogP contribution in [0.2, 0.25) is 0 Å². The molecule has 3 rings (SSSR count). The largest absolute Gasteiger partial charge is 0.486 e. The quantitative estimate of drug-likeness (QED) is 0.871. The number of anilines is 2. The van der Waals surface area contributed by atoms with E-state index in [9.17, 15) is 13.2 Å². The Balaban J connectivity index is 1.70. The molecule has 0 aliphatic carbocycles. The van der Waals surface area contributed by atoms with Gasteiger partial charge in [-0.05, 0) is 42.8 Å². The van der Waals surface area contributed by atoms with Gasteiger partial charge in [0.2, 0.25) is 5.91 Å². The van der Waals surface area contributed by atoms with Crippen molar-refractivity contribution in [2.45, 2.75) is 24.3 Å². The topological polar surface area (TPSA) is 75.7 Å². The van der Waals surface area contributed by atoms with Crippen LogP contribution in [0.15, 0.2) is 53.4 Å². The number of amides is 1. The van der Waals surface area contributed by atoms with Crippen LogP contribution >= 0.6 is 0 Å². The number of carbonyl (C=O) groups is 1. The zero-order valence-corrected chi connectivity index (χ0v) is 15.6. The highest BCUT2D eigenvalue weighted by Gasteiger charge is 2.25. The highest BCUT2D eigenvalue weighted by molar-refractivity contribution is 7.90. The molecule has 1 aliphatic heterocycles. The third kappa shape index (κ3) is 4.16. The molecule has 0 bridgehead atoms. The lowest BCUT2D eigenvalue weighted by Gasteiger charge is -2.35. The van der Waals surface area contributed by atoms with E-state index >= 15 is 0 Å². The smallest absolute Gasteiger partial charge is 0.243 e. The molecule has 0 spiro atoms. The number of hydrogen-bond acceptors (Lipinski definition) is 5. The van der Waals surface area contributed by atoms with Crippen molar-refractivity contribution in [2.24, 2.45) is 0 Å². The van der Waals surface area contributed by atoms with Gasteiger partial charge in [-0.2, -0.15) is 0 Å². The molecule has 6 nitrogen and oxygen atoms in total. The number of nitrogens with one attached hydrogen (secondary N) is 1. The molecule has 1 unspecified atom stereocenters. The summed E-state index contributed by atoms with van der Waals surface area (Å²) in [5.74, 6) is 0.625. The zero-order chi connectivity index (χ0) is 18.7. The Hall–Kier alpha value is -2.54. The number of benzene rings is 2. The van der Waals surface area contributed by atoms with E-state index in [1.807, 2.05) is 29.2 Å². The summed E-state index contributed by atoms with van der Waals surface area (Å²) >= 11 is 0. The normalized spacial score (nSPS) is 16.5. The molecule has 0 saturated carbocycles. The second-order valence-corrected chi connectivity index (χ2v) is 8.36. The van der Waals surface area contributed by atoms with Gasteiger partial charge in [-0.3, -0.25) is 4.79 Å². The maximum Gasteiger partial charge on any atom is 0.243 e. The molecule has 2 aromatic rings. The Kier molecular flexibility index (Phi) is 5.18. The van der Waals surface area contributed by atoms with Crippen LogP contribution in [0.3, 0.4) is 0 Å². The second-order valence-electron chi connectivity index (χ2n) is 6.34. The highest BCUT2D eigenvalue weighted by Crippen LogP contribution is 2.33. The average molecular weight is 374 g/mol. The summed E-state index contributed by atoms with van der Waals surface area (Å²) in [6.07, 6.45) is 2.06. The third-order valence-corrected chi connectivity index (χ3v) is 5.41. The summed E-state index contributed by atoms with van der Waals surface area (Å²) in [7, 11) is -3.25. The molecule has 1 N–H and O–H groups in total. The number of sulfone groups is 1. The molecule has 26 heavy (non-hydrogen) atoms. The minimum absolute atomic E-state index is 0.0479. The van der Waals surface area contributed by atoms with Gasteiger partial charge in [0.05, 0.1) is 23.7 Å². The lowest BCUT2D eigenvalue weighted by atomic mass is 10.1. The summed E-state index contributed by atoms with van der Waals surface area (Å²) in [6, 6.07) is 13.8. The van der Waals surface area contributed by atoms with Gasteiger partial charge < -0.3 is 15.0 Å². The standard InChI is InChI=1S/C19H22N2O4S/c1-3-15-12-21(17-6-4-5-7-18(17)25-15)13-19(22)20-14-8-10-16(11-9-14)26(2,23)24/h4-11,15H,3,12-13H2,1-2H3,(H,20,22). The van der Waals surface area contributed by atoms with E-state index in [1.165, 1.54) is 12.1 Å². The summed E-state index contributed by atoms with van der Waals surface area (Å²) in [6.45, 7) is 2.90. The maximum atomic E-state index is 12.5. The average Bonchev–Trinajstić information content (AvgIpc) is 2.61. The lowest BCUT2D eigenvalue weighted by molar-refractivity contribution is -0.115. The number of fused-ring (bicyclic) bond motifs is 1. The Labute approximate surface area is 153 Å². The number of nitrogens with zero attached hydrogens (tertiary/aromatic N) is 1. The second kappa shape index (κ2) is 7.37. The van der Waals surface area contributed by atoms with Crippen molar-refractivity contribution in [2.75, 3.05) is 29.6 Å². The van der Waals surface area contributed by atoms with Gasteiger partial charge in [-0.15, -0.1) is 0 Å². The fraction of sp³-hybridized carbons (Fsp3) is 0.316. The van der Waals surface area contributed by atoms with Crippen LogP contribution in [0.25, 0.3) is 0 Å². The number of hydrogen-bond donors (Lipinski definition) is 1. The van der Waals surface area contributed by atoms with E-state index in [2.05, 4.69) is 12.2 Å². The molecule has 1 amide bonds. The van der Waals surface area contributed by atoms with E-state index in [1.54, 1.807) is 12.1 Å². The fourth-order valence-corrected chi connectivity index (χ4v) is 3.53. The first kappa shape index (κ1) is 18.3. The Bertz CT molecular complexity index is 894. The van der Waals surface area contributed by atoms with Crippen molar-refractivity contribution in [3.05, 3.63) is 48.5 Å². The van der Waals surface area contributed by atoms with Crippen LogP contribution in [0.4, 0.5) is 11.4 Å². The first-order chi connectivity index (χ1) is 12.4. The molecule has 0 saturated heterocycles. The third-order valence-electron chi connectivity index (χ3n) is 4.28. The maximum absolute atomic E-state index is 12.5. The van der Waals surface area contributed by atoms with Crippen molar-refractivity contribution in [1.82, 2.24) is 0 Å². The van der Waals surface area contributed by atoms with Gasteiger partial charge >= 0.3 is 0 Å². The van der Waals surface area contributed by atoms with Crippen LogP contribution < -0.4 is 15.0 Å². The predicted molar refractivity (Wildman–Crippen MR) is 102 cm³/mol. The minimum Gasteiger partial charge on any atom is -0.486 e. The first-order valence-electron chi connectivity index (χ1n) is 8.47. The van der Waals surface area contributed by atoms with Crippen molar-refractivity contribution >= 4 is 27.1 Å². The van der Waals surface area contributed by atoms with Crippen LogP contribution in [0.5, 0.6) is 5.75 Å². The van der Waals surface area contributed by atoms with Gasteiger partial charge in [0.1, 0.15) is 11.9 Å². The molecular formula is C19H22N2O4S. The van der Waals surface area contributed by atoms with Gasteiger partial charge in [0.25, 0.3) is 0 Å². The van der Waals surface area contributed by atoms with Crippen molar-refractivity contribution in [3.8, 4) is 5.75 Å². The summed E-state index contributed by atoms with van der Waals surface area (Å²) in [5.41, 5.74) is 1.47. The van der Waals surface area contributed by atoms with Crippen LogP contribution in [0.1, 0.15) is 13.3 Å². The van der Waals surface area contributed by atoms with Crippen molar-refractivity contribution < 1.29 is 17.9 Å². The summed E-state index contributed by atoms with van der Waals surface area (Å²) < 4.78 is 28.9.